The van der Waals surface area contributed by atoms with E-state index in [4.69, 9.17) is 25.0 Å². The summed E-state index contributed by atoms with van der Waals surface area (Å²) in [5, 5.41) is 0. The van der Waals surface area contributed by atoms with Crippen LogP contribution in [0, 0.1) is 0 Å². The van der Waals surface area contributed by atoms with Crippen LogP contribution in [0.5, 0.6) is 0 Å². The van der Waals surface area contributed by atoms with E-state index in [1.54, 1.807) is 0 Å². The van der Waals surface area contributed by atoms with Crippen molar-refractivity contribution < 1.29 is 41.9 Å². The Morgan fingerprint density at radius 3 is 1.60 bits per heavy atom. The fourth-order valence-corrected chi connectivity index (χ4v) is 4.26. The number of hydrogen-bond acceptors (Lipinski definition) is 5. The van der Waals surface area contributed by atoms with Crippen molar-refractivity contribution in [1.82, 2.24) is 4.98 Å². The molecule has 2 atom stereocenters. The Balaban J connectivity index is 0.00000144. The summed E-state index contributed by atoms with van der Waals surface area (Å²) in [5.74, 6) is 1.38. The van der Waals surface area contributed by atoms with Crippen molar-refractivity contribution in [2.75, 3.05) is 0 Å². The number of unbranched alkanes of at least 4 members (excludes halogenated alkanes) is 2. The molecule has 1 aromatic heterocycles. The average molecular weight is 550 g/mol. The maximum atomic E-state index is 4.82. The Morgan fingerprint density at radius 2 is 1.17 bits per heavy atom. The fourth-order valence-electron chi connectivity index (χ4n) is 4.26. The molecule has 0 saturated heterocycles. The van der Waals surface area contributed by atoms with Gasteiger partial charge in [0.25, 0.3) is 0 Å². The van der Waals surface area contributed by atoms with Crippen molar-refractivity contribution in [1.29, 1.82) is 0 Å². The van der Waals surface area contributed by atoms with Gasteiger partial charge in [0, 0.05) is 0 Å². The smallest absolute Gasteiger partial charge is 1.00 e. The van der Waals surface area contributed by atoms with E-state index in [1.165, 1.54) is 36.8 Å². The molecule has 2 aliphatic heterocycles. The molecule has 2 aliphatic carbocycles. The van der Waals surface area contributed by atoms with Gasteiger partial charge >= 0.3 is 17.1 Å². The van der Waals surface area contributed by atoms with Crippen molar-refractivity contribution in [2.45, 2.75) is 64.5 Å². The number of pyridine rings is 1. The molecule has 0 radical (unpaired) electrons. The topological polar surface area (TPSA) is 62.3 Å². The predicted molar refractivity (Wildman–Crippen MR) is 133 cm³/mol. The van der Waals surface area contributed by atoms with E-state index in [9.17, 15) is 0 Å². The standard InChI is InChI=1S/C27H29N5.2ClH.Fe/c1-3-5-8-18-12-14-20-24(16-18)31-26(29-20)22-10-7-11-23(28-22)27-30-21-15-13-19(9-6-4-2)17-25(21)32-27;;;/h7,10-17,20-21H,3-6,8-9H2,1-2H3;2*1H;/q;;;+2/p-2. The van der Waals surface area contributed by atoms with Gasteiger partial charge in [0.2, 0.25) is 0 Å². The van der Waals surface area contributed by atoms with Crippen molar-refractivity contribution in [3.05, 3.63) is 77.2 Å². The molecule has 35 heavy (non-hydrogen) atoms. The molecule has 4 aliphatic rings. The number of halogens is 2. The minimum atomic E-state index is 0. The molecule has 0 N–H and O–H groups in total. The van der Waals surface area contributed by atoms with Crippen LogP contribution in [0.4, 0.5) is 0 Å². The molecule has 5 rings (SSSR count). The number of rotatable bonds is 8. The predicted octanol–water partition coefficient (Wildman–Crippen LogP) is -0.400. The summed E-state index contributed by atoms with van der Waals surface area (Å²) in [4.78, 5) is 24.0. The second-order valence-electron chi connectivity index (χ2n) is 8.64. The third-order valence-electron chi connectivity index (χ3n) is 6.10. The van der Waals surface area contributed by atoms with Gasteiger partial charge in [-0.25, -0.2) is 15.0 Å². The van der Waals surface area contributed by atoms with Gasteiger partial charge in [-0.3, -0.25) is 9.98 Å². The van der Waals surface area contributed by atoms with Crippen molar-refractivity contribution in [3.8, 4) is 0 Å². The maximum Gasteiger partial charge on any atom is 2.00 e. The SMILES string of the molecule is CCCCC1=CC2=NC(c3cccc(C4=NC5C=CC(CCCC)=CC5=N4)n3)=NC2C=C1.[Cl-].[Cl-].[Fe+2]. The van der Waals surface area contributed by atoms with Crippen LogP contribution >= 0.6 is 0 Å². The number of aromatic nitrogens is 1. The molecular formula is C27H29Cl2FeN5. The molecule has 5 nitrogen and oxygen atoms in total. The van der Waals surface area contributed by atoms with Crippen molar-refractivity contribution in [3.63, 3.8) is 0 Å². The molecule has 1 aromatic rings. The Labute approximate surface area is 230 Å². The molecular weight excluding hydrogens is 521 g/mol. The Bertz CT molecular complexity index is 1090. The first-order chi connectivity index (χ1) is 15.7. The van der Waals surface area contributed by atoms with Crippen molar-refractivity contribution >= 4 is 23.1 Å². The zero-order chi connectivity index (χ0) is 21.9. The van der Waals surface area contributed by atoms with Gasteiger partial charge in [-0.2, -0.15) is 0 Å². The van der Waals surface area contributed by atoms with Gasteiger partial charge in [-0.15, -0.1) is 0 Å². The number of aliphatic imine (C=N–C) groups is 4. The van der Waals surface area contributed by atoms with Crippen LogP contribution in [0.25, 0.3) is 0 Å². The second kappa shape index (κ2) is 13.3. The first-order valence-electron chi connectivity index (χ1n) is 11.8. The van der Waals surface area contributed by atoms with E-state index >= 15 is 0 Å². The zero-order valence-electron chi connectivity index (χ0n) is 19.9. The first-order valence-corrected chi connectivity index (χ1v) is 11.8. The monoisotopic (exact) mass is 549 g/mol. The van der Waals surface area contributed by atoms with E-state index in [1.807, 2.05) is 18.2 Å². The summed E-state index contributed by atoms with van der Waals surface area (Å²) in [6.45, 7) is 4.43. The number of amidine groups is 2. The maximum absolute atomic E-state index is 4.82. The third kappa shape index (κ3) is 6.56. The summed E-state index contributed by atoms with van der Waals surface area (Å²) < 4.78 is 0. The molecule has 3 heterocycles. The minimum absolute atomic E-state index is 0. The molecule has 0 amide bonds. The summed E-state index contributed by atoms with van der Waals surface area (Å²) in [6.07, 6.45) is 20.0. The minimum Gasteiger partial charge on any atom is -1.00 e. The third-order valence-corrected chi connectivity index (χ3v) is 6.10. The Morgan fingerprint density at radius 1 is 0.714 bits per heavy atom. The number of hydrogen-bond donors (Lipinski definition) is 0. The van der Waals surface area contributed by atoms with Crippen LogP contribution in [0.1, 0.15) is 63.8 Å². The van der Waals surface area contributed by atoms with Gasteiger partial charge < -0.3 is 24.8 Å². The van der Waals surface area contributed by atoms with Crippen LogP contribution in [-0.4, -0.2) is 40.2 Å². The summed E-state index contributed by atoms with van der Waals surface area (Å²) in [6, 6.07) is 5.93. The molecule has 0 aromatic carbocycles. The van der Waals surface area contributed by atoms with Crippen LogP contribution in [0.15, 0.2) is 85.8 Å². The molecule has 0 fully saturated rings. The van der Waals surface area contributed by atoms with Crippen molar-refractivity contribution in [2.24, 2.45) is 20.0 Å². The molecule has 8 heteroatoms. The molecule has 184 valence electrons. The van der Waals surface area contributed by atoms with Crippen LogP contribution < -0.4 is 24.8 Å². The largest absolute Gasteiger partial charge is 2.00 e. The number of fused-ring (bicyclic) bond motifs is 2. The van der Waals surface area contributed by atoms with E-state index < -0.39 is 0 Å². The molecule has 2 unspecified atom stereocenters. The van der Waals surface area contributed by atoms with Gasteiger partial charge in [-0.05, 0) is 61.1 Å². The van der Waals surface area contributed by atoms with Crippen LogP contribution in [0.2, 0.25) is 0 Å². The fraction of sp³-hybridized carbons (Fsp3) is 0.370. The van der Waals surface area contributed by atoms with Gasteiger partial charge in [0.15, 0.2) is 11.7 Å². The summed E-state index contributed by atoms with van der Waals surface area (Å²) in [7, 11) is 0. The van der Waals surface area contributed by atoms with Gasteiger partial charge in [0.1, 0.15) is 23.5 Å². The quantitative estimate of drug-likeness (QED) is 0.407. The Kier molecular flexibility index (Phi) is 11.0. The van der Waals surface area contributed by atoms with E-state index in [0.717, 1.165) is 35.7 Å². The van der Waals surface area contributed by atoms with Gasteiger partial charge in [0.05, 0.1) is 11.4 Å². The molecule has 0 bridgehead atoms. The van der Waals surface area contributed by atoms with E-state index in [2.05, 4.69) is 50.3 Å². The van der Waals surface area contributed by atoms with Crippen LogP contribution in [0.3, 0.4) is 0 Å². The number of nitrogens with zero attached hydrogens (tertiary/aromatic N) is 5. The normalized spacial score (nSPS) is 21.1. The number of allylic oxidation sites excluding steroid dienone is 4. The molecule has 0 saturated carbocycles. The first kappa shape index (κ1) is 29.1. The zero-order valence-corrected chi connectivity index (χ0v) is 22.6. The average Bonchev–Trinajstić information content (AvgIpc) is 3.45. The van der Waals surface area contributed by atoms with E-state index in [-0.39, 0.29) is 54.0 Å². The molecule has 0 spiro atoms. The van der Waals surface area contributed by atoms with Crippen LogP contribution in [-0.2, 0) is 17.1 Å². The van der Waals surface area contributed by atoms with Gasteiger partial charge in [-0.1, -0.05) is 57.1 Å². The summed E-state index contributed by atoms with van der Waals surface area (Å²) in [5.41, 5.74) is 6.24. The summed E-state index contributed by atoms with van der Waals surface area (Å²) >= 11 is 0. The Hall–Kier alpha value is -2.11. The second-order valence-corrected chi connectivity index (χ2v) is 8.64. The van der Waals surface area contributed by atoms with E-state index in [0.29, 0.717) is 11.7 Å².